The molecule has 6 nitrogen and oxygen atoms in total. The molecule has 1 aliphatic rings. The maximum Gasteiger partial charge on any atom is 0.278 e. The zero-order valence-electron chi connectivity index (χ0n) is 16.8. The first-order valence-electron chi connectivity index (χ1n) is 9.82. The number of aromatic nitrogens is 1. The van der Waals surface area contributed by atoms with E-state index in [0.29, 0.717) is 34.2 Å². The Balaban J connectivity index is 1.72. The molecule has 0 aliphatic carbocycles. The second-order valence-corrected chi connectivity index (χ2v) is 7.33. The highest BCUT2D eigenvalue weighted by atomic mass is 35.5. The summed E-state index contributed by atoms with van der Waals surface area (Å²) in [5.41, 5.74) is 2.60. The van der Waals surface area contributed by atoms with E-state index >= 15 is 0 Å². The minimum atomic E-state index is -0.395. The number of nitrogens with zero attached hydrogens (tertiary/aromatic N) is 2. The Morgan fingerprint density at radius 2 is 1.74 bits per heavy atom. The lowest BCUT2D eigenvalue weighted by Crippen LogP contribution is -2.32. The molecule has 0 saturated heterocycles. The van der Waals surface area contributed by atoms with Gasteiger partial charge in [0, 0.05) is 29.2 Å². The lowest BCUT2D eigenvalue weighted by atomic mass is 10.0. The standard InChI is InChI=1S/C24H20ClN3O3/c1-2-31-20-5-3-4-19(14-20)27-22-21(17-6-8-18(25)9-7-17)23(29)28(24(22)30)15-16-10-12-26-13-11-16/h3-14,27H,2,15H2,1H3. The summed E-state index contributed by atoms with van der Waals surface area (Å²) in [6.07, 6.45) is 3.26. The van der Waals surface area contributed by atoms with Gasteiger partial charge in [-0.05, 0) is 54.4 Å². The van der Waals surface area contributed by atoms with Crippen LogP contribution in [0.25, 0.3) is 5.57 Å². The Morgan fingerprint density at radius 1 is 1.00 bits per heavy atom. The van der Waals surface area contributed by atoms with Gasteiger partial charge in [-0.15, -0.1) is 0 Å². The zero-order valence-corrected chi connectivity index (χ0v) is 17.6. The van der Waals surface area contributed by atoms with Gasteiger partial charge in [0.15, 0.2) is 0 Å². The third-order valence-corrected chi connectivity index (χ3v) is 5.06. The number of benzene rings is 2. The van der Waals surface area contributed by atoms with Crippen LogP contribution in [0.5, 0.6) is 5.75 Å². The van der Waals surface area contributed by atoms with E-state index in [1.807, 2.05) is 25.1 Å². The number of nitrogens with one attached hydrogen (secondary N) is 1. The molecule has 7 heteroatoms. The Morgan fingerprint density at radius 3 is 2.45 bits per heavy atom. The van der Waals surface area contributed by atoms with Crippen LogP contribution in [0, 0.1) is 0 Å². The highest BCUT2D eigenvalue weighted by Gasteiger charge is 2.39. The van der Waals surface area contributed by atoms with Crippen LogP contribution in [0.1, 0.15) is 18.1 Å². The number of hydrogen-bond acceptors (Lipinski definition) is 5. The fraction of sp³-hybridized carbons (Fsp3) is 0.125. The summed E-state index contributed by atoms with van der Waals surface area (Å²) in [7, 11) is 0. The van der Waals surface area contributed by atoms with Crippen molar-refractivity contribution in [2.24, 2.45) is 0 Å². The Labute approximate surface area is 185 Å². The second-order valence-electron chi connectivity index (χ2n) is 6.89. The third kappa shape index (κ3) is 4.44. The molecular formula is C24H20ClN3O3. The van der Waals surface area contributed by atoms with Crippen molar-refractivity contribution >= 4 is 34.7 Å². The number of carbonyl (C=O) groups excluding carboxylic acids is 2. The van der Waals surface area contributed by atoms with Crippen LogP contribution in [0.15, 0.2) is 78.8 Å². The number of imide groups is 1. The van der Waals surface area contributed by atoms with Crippen molar-refractivity contribution in [1.29, 1.82) is 0 Å². The minimum Gasteiger partial charge on any atom is -0.494 e. The van der Waals surface area contributed by atoms with Crippen LogP contribution in [0.3, 0.4) is 0 Å². The number of halogens is 1. The van der Waals surface area contributed by atoms with Crippen molar-refractivity contribution < 1.29 is 14.3 Å². The van der Waals surface area contributed by atoms with Gasteiger partial charge in [-0.3, -0.25) is 19.5 Å². The van der Waals surface area contributed by atoms with Crippen molar-refractivity contribution in [3.05, 3.63) is 94.9 Å². The molecule has 0 saturated carbocycles. The molecule has 4 rings (SSSR count). The van der Waals surface area contributed by atoms with Crippen molar-refractivity contribution in [2.45, 2.75) is 13.5 Å². The average molecular weight is 434 g/mol. The molecule has 1 aliphatic heterocycles. The number of pyridine rings is 1. The van der Waals surface area contributed by atoms with Gasteiger partial charge in [0.1, 0.15) is 11.4 Å². The van der Waals surface area contributed by atoms with E-state index in [1.165, 1.54) is 4.90 Å². The molecule has 0 fully saturated rings. The summed E-state index contributed by atoms with van der Waals surface area (Å²) < 4.78 is 5.54. The van der Waals surface area contributed by atoms with E-state index < -0.39 is 5.91 Å². The van der Waals surface area contributed by atoms with E-state index in [4.69, 9.17) is 16.3 Å². The lowest BCUT2D eigenvalue weighted by molar-refractivity contribution is -0.137. The molecule has 1 aromatic heterocycles. The van der Waals surface area contributed by atoms with Crippen LogP contribution < -0.4 is 10.1 Å². The Kier molecular flexibility index (Phi) is 6.00. The van der Waals surface area contributed by atoms with Gasteiger partial charge in [0.05, 0.1) is 18.7 Å². The summed E-state index contributed by atoms with van der Waals surface area (Å²) in [6.45, 7) is 2.58. The highest BCUT2D eigenvalue weighted by Crippen LogP contribution is 2.32. The summed E-state index contributed by atoms with van der Waals surface area (Å²) in [5, 5.41) is 3.69. The smallest absolute Gasteiger partial charge is 0.278 e. The summed E-state index contributed by atoms with van der Waals surface area (Å²) in [4.78, 5) is 31.8. The van der Waals surface area contributed by atoms with Gasteiger partial charge in [-0.1, -0.05) is 29.8 Å². The van der Waals surface area contributed by atoms with Crippen molar-refractivity contribution in [3.8, 4) is 5.75 Å². The van der Waals surface area contributed by atoms with E-state index in [2.05, 4.69) is 10.3 Å². The molecule has 0 atom stereocenters. The van der Waals surface area contributed by atoms with E-state index in [1.54, 1.807) is 54.9 Å². The van der Waals surface area contributed by atoms with Crippen LogP contribution in [-0.4, -0.2) is 28.3 Å². The number of amides is 2. The summed E-state index contributed by atoms with van der Waals surface area (Å²) >= 11 is 6.02. The van der Waals surface area contributed by atoms with Gasteiger partial charge in [0.25, 0.3) is 11.8 Å². The van der Waals surface area contributed by atoms with E-state index in [0.717, 1.165) is 5.56 Å². The van der Waals surface area contributed by atoms with Crippen molar-refractivity contribution in [2.75, 3.05) is 11.9 Å². The number of rotatable bonds is 7. The number of carbonyl (C=O) groups is 2. The fourth-order valence-electron chi connectivity index (χ4n) is 3.37. The molecule has 2 heterocycles. The number of ether oxygens (including phenoxy) is 1. The quantitative estimate of drug-likeness (QED) is 0.554. The SMILES string of the molecule is CCOc1cccc(NC2=C(c3ccc(Cl)cc3)C(=O)N(Cc3ccncc3)C2=O)c1. The van der Waals surface area contributed by atoms with Crippen molar-refractivity contribution in [1.82, 2.24) is 9.88 Å². The second kappa shape index (κ2) is 9.02. The number of anilines is 1. The monoisotopic (exact) mass is 433 g/mol. The molecule has 0 radical (unpaired) electrons. The van der Waals surface area contributed by atoms with Gasteiger partial charge < -0.3 is 10.1 Å². The first kappa shape index (κ1) is 20.6. The molecule has 156 valence electrons. The predicted octanol–water partition coefficient (Wildman–Crippen LogP) is 4.53. The van der Waals surface area contributed by atoms with Gasteiger partial charge in [-0.2, -0.15) is 0 Å². The lowest BCUT2D eigenvalue weighted by Gasteiger charge is -2.15. The maximum absolute atomic E-state index is 13.3. The summed E-state index contributed by atoms with van der Waals surface area (Å²) in [5.74, 6) is -0.0901. The third-order valence-electron chi connectivity index (χ3n) is 4.81. The molecule has 2 amide bonds. The molecule has 0 unspecified atom stereocenters. The normalized spacial score (nSPS) is 13.7. The minimum absolute atomic E-state index is 0.154. The van der Waals surface area contributed by atoms with Crippen LogP contribution in [-0.2, 0) is 16.1 Å². The van der Waals surface area contributed by atoms with Gasteiger partial charge >= 0.3 is 0 Å². The van der Waals surface area contributed by atoms with Gasteiger partial charge in [0.2, 0.25) is 0 Å². The maximum atomic E-state index is 13.3. The molecule has 3 aromatic rings. The molecule has 2 aromatic carbocycles. The highest BCUT2D eigenvalue weighted by molar-refractivity contribution is 6.36. The fourth-order valence-corrected chi connectivity index (χ4v) is 3.49. The average Bonchev–Trinajstić information content (AvgIpc) is 3.00. The van der Waals surface area contributed by atoms with Gasteiger partial charge in [-0.25, -0.2) is 0 Å². The molecule has 1 N–H and O–H groups in total. The predicted molar refractivity (Wildman–Crippen MR) is 119 cm³/mol. The topological polar surface area (TPSA) is 71.5 Å². The Bertz CT molecular complexity index is 1140. The molecule has 31 heavy (non-hydrogen) atoms. The molecule has 0 spiro atoms. The zero-order chi connectivity index (χ0) is 21.8. The number of hydrogen-bond donors (Lipinski definition) is 1. The first-order chi connectivity index (χ1) is 15.1. The largest absolute Gasteiger partial charge is 0.494 e. The Hall–Kier alpha value is -3.64. The van der Waals surface area contributed by atoms with E-state index in [-0.39, 0.29) is 18.1 Å². The van der Waals surface area contributed by atoms with E-state index in [9.17, 15) is 9.59 Å². The van der Waals surface area contributed by atoms with Crippen LogP contribution >= 0.6 is 11.6 Å². The molecular weight excluding hydrogens is 414 g/mol. The van der Waals surface area contributed by atoms with Crippen molar-refractivity contribution in [3.63, 3.8) is 0 Å². The van der Waals surface area contributed by atoms with Crippen LogP contribution in [0.2, 0.25) is 5.02 Å². The van der Waals surface area contributed by atoms with Crippen LogP contribution in [0.4, 0.5) is 5.69 Å². The first-order valence-corrected chi connectivity index (χ1v) is 10.2. The molecule has 0 bridgehead atoms. The summed E-state index contributed by atoms with van der Waals surface area (Å²) in [6, 6.07) is 17.7.